The number of halogens is 1. The zero-order valence-corrected chi connectivity index (χ0v) is 13.8. The molecule has 1 aromatic carbocycles. The molecule has 0 unspecified atom stereocenters. The van der Waals surface area contributed by atoms with E-state index in [1.165, 1.54) is 11.1 Å². The molecule has 1 saturated heterocycles. The van der Waals surface area contributed by atoms with E-state index in [-0.39, 0.29) is 0 Å². The van der Waals surface area contributed by atoms with Crippen molar-refractivity contribution in [1.29, 1.82) is 0 Å². The smallest absolute Gasteiger partial charge is 0.0820 e. The first-order valence-corrected chi connectivity index (χ1v) is 8.29. The summed E-state index contributed by atoms with van der Waals surface area (Å²) in [4.78, 5) is 3.99. The van der Waals surface area contributed by atoms with Crippen molar-refractivity contribution in [3.63, 3.8) is 0 Å². The van der Waals surface area contributed by atoms with Gasteiger partial charge in [0.15, 0.2) is 0 Å². The molecule has 5 heteroatoms. The van der Waals surface area contributed by atoms with E-state index in [9.17, 15) is 0 Å². The Kier molecular flexibility index (Phi) is 5.86. The lowest BCUT2D eigenvalue weighted by atomic mass is 10.1. The van der Waals surface area contributed by atoms with Crippen molar-refractivity contribution in [2.45, 2.75) is 32.1 Å². The molecule has 1 fully saturated rings. The highest BCUT2D eigenvalue weighted by Crippen LogP contribution is 2.20. The maximum Gasteiger partial charge on any atom is 0.0820 e. The molecule has 2 aromatic rings. The standard InChI is InChI=1S/C18H21ClN2O2/c19-17-12-20-7-4-18(17)21-11-14-2-1-3-15(10-14)13-23-16-5-8-22-9-6-16/h1-4,7,10,12,16H,5-6,8-9,11,13H2,(H,20,21). The highest BCUT2D eigenvalue weighted by atomic mass is 35.5. The van der Waals surface area contributed by atoms with Gasteiger partial charge in [-0.25, -0.2) is 0 Å². The van der Waals surface area contributed by atoms with Crippen LogP contribution in [-0.2, 0) is 22.6 Å². The summed E-state index contributed by atoms with van der Waals surface area (Å²) in [7, 11) is 0. The van der Waals surface area contributed by atoms with Gasteiger partial charge in [-0.05, 0) is 30.0 Å². The van der Waals surface area contributed by atoms with Crippen LogP contribution < -0.4 is 5.32 Å². The molecule has 122 valence electrons. The summed E-state index contributed by atoms with van der Waals surface area (Å²) >= 11 is 6.10. The van der Waals surface area contributed by atoms with Crippen LogP contribution in [0.5, 0.6) is 0 Å². The summed E-state index contributed by atoms with van der Waals surface area (Å²) in [5.74, 6) is 0. The van der Waals surface area contributed by atoms with Gasteiger partial charge in [0.05, 0.1) is 23.4 Å². The third-order valence-corrected chi connectivity index (χ3v) is 4.20. The van der Waals surface area contributed by atoms with Crippen LogP contribution in [0.25, 0.3) is 0 Å². The number of hydrogen-bond acceptors (Lipinski definition) is 4. The minimum atomic E-state index is 0.321. The van der Waals surface area contributed by atoms with E-state index in [1.54, 1.807) is 12.4 Å². The largest absolute Gasteiger partial charge is 0.381 e. The summed E-state index contributed by atoms with van der Waals surface area (Å²) in [5.41, 5.74) is 3.29. The minimum absolute atomic E-state index is 0.321. The van der Waals surface area contributed by atoms with Crippen LogP contribution in [0.4, 0.5) is 5.69 Å². The third-order valence-electron chi connectivity index (χ3n) is 3.90. The molecule has 0 amide bonds. The average molecular weight is 333 g/mol. The maximum absolute atomic E-state index is 6.10. The molecule has 1 aliphatic heterocycles. The zero-order valence-electron chi connectivity index (χ0n) is 13.0. The lowest BCUT2D eigenvalue weighted by Crippen LogP contribution is -2.23. The number of nitrogens with one attached hydrogen (secondary N) is 1. The maximum atomic E-state index is 6.10. The molecule has 0 bridgehead atoms. The van der Waals surface area contributed by atoms with Gasteiger partial charge < -0.3 is 14.8 Å². The monoisotopic (exact) mass is 332 g/mol. The van der Waals surface area contributed by atoms with Crippen LogP contribution in [0, 0.1) is 0 Å². The molecule has 23 heavy (non-hydrogen) atoms. The molecule has 1 N–H and O–H groups in total. The van der Waals surface area contributed by atoms with E-state index in [0.717, 1.165) is 38.3 Å². The zero-order chi connectivity index (χ0) is 15.9. The quantitative estimate of drug-likeness (QED) is 0.867. The number of nitrogens with zero attached hydrogens (tertiary/aromatic N) is 1. The van der Waals surface area contributed by atoms with Gasteiger partial charge in [0.1, 0.15) is 0 Å². The molecule has 0 saturated carbocycles. The number of hydrogen-bond donors (Lipinski definition) is 1. The Balaban J connectivity index is 1.53. The first kappa shape index (κ1) is 16.2. The van der Waals surface area contributed by atoms with E-state index in [4.69, 9.17) is 21.1 Å². The SMILES string of the molecule is Clc1cnccc1NCc1cccc(COC2CCOCC2)c1. The third kappa shape index (κ3) is 4.93. The minimum Gasteiger partial charge on any atom is -0.381 e. The fourth-order valence-electron chi connectivity index (χ4n) is 2.60. The van der Waals surface area contributed by atoms with E-state index in [2.05, 4.69) is 34.6 Å². The summed E-state index contributed by atoms with van der Waals surface area (Å²) in [6, 6.07) is 10.3. The predicted octanol–water partition coefficient (Wildman–Crippen LogP) is 4.04. The van der Waals surface area contributed by atoms with E-state index < -0.39 is 0 Å². The number of benzene rings is 1. The van der Waals surface area contributed by atoms with Crippen LogP contribution in [0.15, 0.2) is 42.7 Å². The molecule has 0 atom stereocenters. The van der Waals surface area contributed by atoms with Crippen molar-refractivity contribution >= 4 is 17.3 Å². The van der Waals surface area contributed by atoms with E-state index >= 15 is 0 Å². The number of pyridine rings is 1. The molecule has 3 rings (SSSR count). The second-order valence-corrected chi connectivity index (χ2v) is 6.06. The molecule has 0 aliphatic carbocycles. The summed E-state index contributed by atoms with van der Waals surface area (Å²) < 4.78 is 11.3. The highest BCUT2D eigenvalue weighted by Gasteiger charge is 2.14. The van der Waals surface area contributed by atoms with Gasteiger partial charge in [-0.3, -0.25) is 4.98 Å². The highest BCUT2D eigenvalue weighted by molar-refractivity contribution is 6.33. The number of ether oxygens (including phenoxy) is 2. The summed E-state index contributed by atoms with van der Waals surface area (Å²) in [6.45, 7) is 2.98. The van der Waals surface area contributed by atoms with E-state index in [0.29, 0.717) is 17.7 Å². The topological polar surface area (TPSA) is 43.4 Å². The number of aromatic nitrogens is 1. The van der Waals surface area contributed by atoms with Crippen LogP contribution in [0.1, 0.15) is 24.0 Å². The summed E-state index contributed by atoms with van der Waals surface area (Å²) in [5, 5.41) is 3.96. The van der Waals surface area contributed by atoms with Crippen molar-refractivity contribution in [2.75, 3.05) is 18.5 Å². The fourth-order valence-corrected chi connectivity index (χ4v) is 2.79. The molecule has 1 aliphatic rings. The van der Waals surface area contributed by atoms with Gasteiger partial charge in [0.25, 0.3) is 0 Å². The lowest BCUT2D eigenvalue weighted by Gasteiger charge is -2.22. The molecular formula is C18H21ClN2O2. The Morgan fingerprint density at radius 2 is 2.04 bits per heavy atom. The van der Waals surface area contributed by atoms with Crippen LogP contribution in [0.2, 0.25) is 5.02 Å². The van der Waals surface area contributed by atoms with Gasteiger partial charge in [0, 0.05) is 32.2 Å². The Morgan fingerprint density at radius 1 is 1.22 bits per heavy atom. The van der Waals surface area contributed by atoms with Gasteiger partial charge in [-0.15, -0.1) is 0 Å². The van der Waals surface area contributed by atoms with Crippen molar-refractivity contribution in [1.82, 2.24) is 4.98 Å². The van der Waals surface area contributed by atoms with E-state index in [1.807, 2.05) is 6.07 Å². The van der Waals surface area contributed by atoms with Gasteiger partial charge in [-0.2, -0.15) is 0 Å². The van der Waals surface area contributed by atoms with Gasteiger partial charge in [0.2, 0.25) is 0 Å². The van der Waals surface area contributed by atoms with Crippen molar-refractivity contribution in [3.8, 4) is 0 Å². The average Bonchev–Trinajstić information content (AvgIpc) is 2.61. The predicted molar refractivity (Wildman–Crippen MR) is 91.6 cm³/mol. The van der Waals surface area contributed by atoms with Crippen molar-refractivity contribution in [2.24, 2.45) is 0 Å². The second kappa shape index (κ2) is 8.29. The molecule has 1 aromatic heterocycles. The Bertz CT molecular complexity index is 630. The summed E-state index contributed by atoms with van der Waals surface area (Å²) in [6.07, 6.45) is 5.67. The molecule has 2 heterocycles. The normalized spacial score (nSPS) is 15.5. The Labute approximate surface area is 141 Å². The molecule has 0 spiro atoms. The number of rotatable bonds is 6. The number of anilines is 1. The molecule has 4 nitrogen and oxygen atoms in total. The Hall–Kier alpha value is -1.62. The van der Waals surface area contributed by atoms with Crippen molar-refractivity contribution in [3.05, 3.63) is 58.9 Å². The van der Waals surface area contributed by atoms with Gasteiger partial charge >= 0.3 is 0 Å². The first-order valence-electron chi connectivity index (χ1n) is 7.92. The second-order valence-electron chi connectivity index (χ2n) is 5.65. The molecular weight excluding hydrogens is 312 g/mol. The van der Waals surface area contributed by atoms with Gasteiger partial charge in [-0.1, -0.05) is 35.9 Å². The first-order chi connectivity index (χ1) is 11.3. The molecule has 0 radical (unpaired) electrons. The van der Waals surface area contributed by atoms with Crippen LogP contribution >= 0.6 is 11.6 Å². The fraction of sp³-hybridized carbons (Fsp3) is 0.389. The van der Waals surface area contributed by atoms with Crippen LogP contribution in [0.3, 0.4) is 0 Å². The van der Waals surface area contributed by atoms with Crippen LogP contribution in [-0.4, -0.2) is 24.3 Å². The van der Waals surface area contributed by atoms with Crippen molar-refractivity contribution < 1.29 is 9.47 Å². The Morgan fingerprint density at radius 3 is 2.87 bits per heavy atom. The lowest BCUT2D eigenvalue weighted by molar-refractivity contribution is -0.0390.